The van der Waals surface area contributed by atoms with Crippen molar-refractivity contribution in [1.29, 1.82) is 5.26 Å². The molecular formula is C21H13ClFN3S. The highest BCUT2D eigenvalue weighted by Crippen LogP contribution is 2.44. The molecular weight excluding hydrogens is 381 g/mol. The van der Waals surface area contributed by atoms with Crippen molar-refractivity contribution in [3.05, 3.63) is 77.1 Å². The van der Waals surface area contributed by atoms with Crippen LogP contribution in [0.3, 0.4) is 0 Å². The zero-order chi connectivity index (χ0) is 19.0. The van der Waals surface area contributed by atoms with Gasteiger partial charge in [0.1, 0.15) is 10.8 Å². The van der Waals surface area contributed by atoms with E-state index in [0.29, 0.717) is 16.3 Å². The van der Waals surface area contributed by atoms with Gasteiger partial charge in [-0.2, -0.15) is 5.26 Å². The fourth-order valence-electron chi connectivity index (χ4n) is 2.94. The van der Waals surface area contributed by atoms with Crippen molar-refractivity contribution in [3.63, 3.8) is 0 Å². The predicted octanol–water partition coefficient (Wildman–Crippen LogP) is 6.56. The molecule has 0 aliphatic carbocycles. The molecule has 1 heterocycles. The van der Waals surface area contributed by atoms with Crippen LogP contribution in [-0.4, -0.2) is 0 Å². The SMILES string of the molecule is N#Cc1ccc(-c2cccc3c(Nc4ccc(F)c(Cl)c4)c(N)sc23)cc1. The molecule has 4 aromatic rings. The van der Waals surface area contributed by atoms with Crippen LogP contribution in [0.25, 0.3) is 21.2 Å². The van der Waals surface area contributed by atoms with Gasteiger partial charge in [-0.1, -0.05) is 41.9 Å². The summed E-state index contributed by atoms with van der Waals surface area (Å²) in [6.45, 7) is 0. The zero-order valence-corrected chi connectivity index (χ0v) is 15.5. The monoisotopic (exact) mass is 393 g/mol. The second-order valence-electron chi connectivity index (χ2n) is 5.97. The predicted molar refractivity (Wildman–Crippen MR) is 111 cm³/mol. The summed E-state index contributed by atoms with van der Waals surface area (Å²) in [5.41, 5.74) is 10.4. The Bertz CT molecular complexity index is 1190. The van der Waals surface area contributed by atoms with Crippen molar-refractivity contribution >= 4 is 49.4 Å². The standard InChI is InChI=1S/C21H13ClFN3S/c22-17-10-14(8-9-18(17)23)26-19-16-3-1-2-15(20(16)27-21(19)25)13-6-4-12(11-24)5-7-13/h1-10,26H,25H2. The summed E-state index contributed by atoms with van der Waals surface area (Å²) in [6, 6.07) is 20.0. The summed E-state index contributed by atoms with van der Waals surface area (Å²) in [5, 5.41) is 13.9. The maximum Gasteiger partial charge on any atom is 0.141 e. The molecule has 0 aliphatic rings. The minimum Gasteiger partial charge on any atom is -0.389 e. The van der Waals surface area contributed by atoms with Gasteiger partial charge in [-0.25, -0.2) is 4.39 Å². The van der Waals surface area contributed by atoms with Crippen molar-refractivity contribution in [2.45, 2.75) is 0 Å². The number of thiophene rings is 1. The lowest BCUT2D eigenvalue weighted by Crippen LogP contribution is -1.93. The van der Waals surface area contributed by atoms with E-state index in [-0.39, 0.29) is 5.02 Å². The normalized spacial score (nSPS) is 10.7. The third kappa shape index (κ3) is 3.21. The van der Waals surface area contributed by atoms with Crippen molar-refractivity contribution in [3.8, 4) is 17.2 Å². The molecule has 0 fully saturated rings. The van der Waals surface area contributed by atoms with E-state index in [1.54, 1.807) is 18.2 Å². The van der Waals surface area contributed by atoms with E-state index in [9.17, 15) is 4.39 Å². The fourth-order valence-corrected chi connectivity index (χ4v) is 4.18. The van der Waals surface area contributed by atoms with Crippen molar-refractivity contribution in [1.82, 2.24) is 0 Å². The molecule has 132 valence electrons. The van der Waals surface area contributed by atoms with E-state index in [2.05, 4.69) is 11.4 Å². The average Bonchev–Trinajstić information content (AvgIpc) is 3.00. The van der Waals surface area contributed by atoms with Crippen molar-refractivity contribution < 1.29 is 4.39 Å². The minimum absolute atomic E-state index is 0.0522. The minimum atomic E-state index is -0.464. The van der Waals surface area contributed by atoms with Crippen LogP contribution in [-0.2, 0) is 0 Å². The lowest BCUT2D eigenvalue weighted by atomic mass is 10.0. The first-order chi connectivity index (χ1) is 13.1. The van der Waals surface area contributed by atoms with Gasteiger partial charge in [0.2, 0.25) is 0 Å². The zero-order valence-electron chi connectivity index (χ0n) is 14.0. The van der Waals surface area contributed by atoms with Gasteiger partial charge in [-0.3, -0.25) is 0 Å². The molecule has 0 spiro atoms. The Morgan fingerprint density at radius 2 is 1.85 bits per heavy atom. The van der Waals surface area contributed by atoms with Crippen LogP contribution < -0.4 is 11.1 Å². The first-order valence-corrected chi connectivity index (χ1v) is 9.30. The molecule has 3 aromatic carbocycles. The molecule has 3 nitrogen and oxygen atoms in total. The molecule has 0 saturated heterocycles. The topological polar surface area (TPSA) is 61.8 Å². The maximum atomic E-state index is 13.4. The molecule has 1 aromatic heterocycles. The molecule has 0 unspecified atom stereocenters. The average molecular weight is 394 g/mol. The van der Waals surface area contributed by atoms with E-state index >= 15 is 0 Å². The number of nitriles is 1. The number of hydrogen-bond donors (Lipinski definition) is 2. The smallest absolute Gasteiger partial charge is 0.141 e. The van der Waals surface area contributed by atoms with Gasteiger partial charge >= 0.3 is 0 Å². The van der Waals surface area contributed by atoms with Crippen LogP contribution in [0, 0.1) is 17.1 Å². The largest absolute Gasteiger partial charge is 0.389 e. The van der Waals surface area contributed by atoms with Crippen molar-refractivity contribution in [2.75, 3.05) is 11.1 Å². The number of fused-ring (bicyclic) bond motifs is 1. The number of hydrogen-bond acceptors (Lipinski definition) is 4. The number of rotatable bonds is 3. The lowest BCUT2D eigenvalue weighted by molar-refractivity contribution is 0.628. The van der Waals surface area contributed by atoms with E-state index < -0.39 is 5.82 Å². The highest BCUT2D eigenvalue weighted by molar-refractivity contribution is 7.24. The number of nitrogens with two attached hydrogens (primary N) is 1. The van der Waals surface area contributed by atoms with Gasteiger partial charge in [-0.05, 0) is 41.5 Å². The molecule has 6 heteroatoms. The summed E-state index contributed by atoms with van der Waals surface area (Å²) >= 11 is 7.36. The van der Waals surface area contributed by atoms with Gasteiger partial charge in [0.25, 0.3) is 0 Å². The Morgan fingerprint density at radius 3 is 2.56 bits per heavy atom. The van der Waals surface area contributed by atoms with Gasteiger partial charge < -0.3 is 11.1 Å². The third-order valence-corrected chi connectivity index (χ3v) is 5.61. The Labute approximate surface area is 164 Å². The number of nitrogens with one attached hydrogen (secondary N) is 1. The fraction of sp³-hybridized carbons (Fsp3) is 0. The molecule has 0 aliphatic heterocycles. The number of benzene rings is 3. The van der Waals surface area contributed by atoms with E-state index in [1.165, 1.54) is 23.5 Å². The van der Waals surface area contributed by atoms with Crippen LogP contribution in [0.5, 0.6) is 0 Å². The van der Waals surface area contributed by atoms with E-state index in [0.717, 1.165) is 26.9 Å². The first-order valence-electron chi connectivity index (χ1n) is 8.10. The number of anilines is 3. The summed E-state index contributed by atoms with van der Waals surface area (Å²) < 4.78 is 14.4. The van der Waals surface area contributed by atoms with Gasteiger partial charge in [-0.15, -0.1) is 11.3 Å². The van der Waals surface area contributed by atoms with Crippen molar-refractivity contribution in [2.24, 2.45) is 0 Å². The summed E-state index contributed by atoms with van der Waals surface area (Å²) in [4.78, 5) is 0. The third-order valence-electron chi connectivity index (χ3n) is 4.26. The van der Waals surface area contributed by atoms with E-state index in [1.807, 2.05) is 30.3 Å². The Hall–Kier alpha value is -3.07. The maximum absolute atomic E-state index is 13.4. The number of nitrogen functional groups attached to an aromatic ring is 1. The Balaban J connectivity index is 1.80. The van der Waals surface area contributed by atoms with Crippen LogP contribution in [0.1, 0.15) is 5.56 Å². The van der Waals surface area contributed by atoms with Crippen LogP contribution >= 0.6 is 22.9 Å². The molecule has 0 amide bonds. The summed E-state index contributed by atoms with van der Waals surface area (Å²) in [6.07, 6.45) is 0. The molecule has 4 rings (SSSR count). The summed E-state index contributed by atoms with van der Waals surface area (Å²) in [5.74, 6) is -0.464. The Morgan fingerprint density at radius 1 is 1.07 bits per heavy atom. The molecule has 27 heavy (non-hydrogen) atoms. The highest BCUT2D eigenvalue weighted by Gasteiger charge is 2.14. The number of nitrogens with zero attached hydrogens (tertiary/aromatic N) is 1. The number of halogens is 2. The van der Waals surface area contributed by atoms with Gasteiger partial charge in [0.15, 0.2) is 0 Å². The molecule has 0 atom stereocenters. The van der Waals surface area contributed by atoms with Crippen LogP contribution in [0.4, 0.5) is 20.8 Å². The second kappa shape index (κ2) is 6.92. The first kappa shape index (κ1) is 17.3. The molecule has 0 saturated carbocycles. The molecule has 0 bridgehead atoms. The van der Waals surface area contributed by atoms with Crippen LogP contribution in [0.15, 0.2) is 60.7 Å². The quantitative estimate of drug-likeness (QED) is 0.414. The van der Waals surface area contributed by atoms with E-state index in [4.69, 9.17) is 22.6 Å². The molecule has 3 N–H and O–H groups in total. The summed E-state index contributed by atoms with van der Waals surface area (Å²) in [7, 11) is 0. The molecule has 0 radical (unpaired) electrons. The lowest BCUT2D eigenvalue weighted by Gasteiger charge is -2.08. The highest BCUT2D eigenvalue weighted by atomic mass is 35.5. The van der Waals surface area contributed by atoms with Gasteiger partial charge in [0.05, 0.1) is 22.3 Å². The second-order valence-corrected chi connectivity index (χ2v) is 7.43. The Kier molecular flexibility index (Phi) is 4.44. The van der Waals surface area contributed by atoms with Crippen LogP contribution in [0.2, 0.25) is 5.02 Å². The van der Waals surface area contributed by atoms with Gasteiger partial charge in [0, 0.05) is 15.8 Å².